The van der Waals surface area contributed by atoms with Gasteiger partial charge in [0.25, 0.3) is 5.91 Å². The Balaban J connectivity index is 1.97. The maximum Gasteiger partial charge on any atom is 0.267 e. The molecule has 0 aliphatic heterocycles. The molecule has 2 rings (SSSR count). The van der Waals surface area contributed by atoms with E-state index < -0.39 is 0 Å². The number of halogens is 1. The fourth-order valence-electron chi connectivity index (χ4n) is 2.80. The standard InChI is InChI=1S/C14H21BrN2O2/c1-17-8-11(15)7-12(17)13(19)16-9-14(10-18)5-3-2-4-6-14/h7-8,18H,2-6,9-10H2,1H3,(H,16,19). The molecule has 0 saturated heterocycles. The molecule has 1 saturated carbocycles. The Hall–Kier alpha value is -0.810. The van der Waals surface area contributed by atoms with Crippen LogP contribution in [0.4, 0.5) is 0 Å². The molecule has 1 aromatic heterocycles. The predicted octanol–water partition coefficient (Wildman–Crippen LogP) is 2.46. The van der Waals surface area contributed by atoms with Crippen molar-refractivity contribution in [1.29, 1.82) is 0 Å². The zero-order valence-electron chi connectivity index (χ0n) is 11.3. The predicted molar refractivity (Wildman–Crippen MR) is 78.1 cm³/mol. The molecule has 0 aromatic carbocycles. The van der Waals surface area contributed by atoms with Crippen LogP contribution in [0.2, 0.25) is 0 Å². The highest BCUT2D eigenvalue weighted by atomic mass is 79.9. The number of carbonyl (C=O) groups is 1. The van der Waals surface area contributed by atoms with Crippen LogP contribution in [0.5, 0.6) is 0 Å². The maximum atomic E-state index is 12.1. The van der Waals surface area contributed by atoms with Gasteiger partial charge in [0.1, 0.15) is 5.69 Å². The normalized spacial score (nSPS) is 18.3. The van der Waals surface area contributed by atoms with E-state index in [0.29, 0.717) is 12.2 Å². The van der Waals surface area contributed by atoms with Crippen molar-refractivity contribution in [1.82, 2.24) is 9.88 Å². The minimum Gasteiger partial charge on any atom is -0.396 e. The molecule has 1 amide bonds. The van der Waals surface area contributed by atoms with Gasteiger partial charge >= 0.3 is 0 Å². The van der Waals surface area contributed by atoms with Crippen molar-refractivity contribution < 1.29 is 9.90 Å². The molecule has 5 heteroatoms. The van der Waals surface area contributed by atoms with E-state index in [2.05, 4.69) is 21.2 Å². The zero-order chi connectivity index (χ0) is 13.9. The molecule has 2 N–H and O–H groups in total. The lowest BCUT2D eigenvalue weighted by Gasteiger charge is -2.35. The van der Waals surface area contributed by atoms with E-state index in [1.54, 1.807) is 4.57 Å². The molecule has 1 heterocycles. The van der Waals surface area contributed by atoms with Crippen LogP contribution in [-0.2, 0) is 7.05 Å². The zero-order valence-corrected chi connectivity index (χ0v) is 12.9. The number of nitrogens with zero attached hydrogens (tertiary/aromatic N) is 1. The first-order chi connectivity index (χ1) is 9.06. The van der Waals surface area contributed by atoms with Gasteiger partial charge in [0.2, 0.25) is 0 Å². The van der Waals surface area contributed by atoms with E-state index in [0.717, 1.165) is 30.2 Å². The van der Waals surface area contributed by atoms with Gasteiger partial charge in [-0.3, -0.25) is 4.79 Å². The van der Waals surface area contributed by atoms with Gasteiger partial charge in [0, 0.05) is 29.7 Å². The van der Waals surface area contributed by atoms with Gasteiger partial charge in [-0.05, 0) is 34.8 Å². The number of amides is 1. The lowest BCUT2D eigenvalue weighted by molar-refractivity contribution is 0.0714. The van der Waals surface area contributed by atoms with Crippen LogP contribution in [0.1, 0.15) is 42.6 Å². The molecule has 19 heavy (non-hydrogen) atoms. The van der Waals surface area contributed by atoms with Gasteiger partial charge in [0.05, 0.1) is 6.61 Å². The van der Waals surface area contributed by atoms with E-state index in [1.807, 2.05) is 19.3 Å². The lowest BCUT2D eigenvalue weighted by atomic mass is 9.74. The molecule has 0 atom stereocenters. The Morgan fingerprint density at radius 3 is 2.68 bits per heavy atom. The van der Waals surface area contributed by atoms with Crippen LogP contribution in [0.25, 0.3) is 0 Å². The second-order valence-electron chi connectivity index (χ2n) is 5.56. The Kier molecular flexibility index (Phi) is 4.68. The Labute approximate surface area is 122 Å². The van der Waals surface area contributed by atoms with Crippen LogP contribution in [0, 0.1) is 5.41 Å². The third-order valence-electron chi connectivity index (χ3n) is 4.08. The molecule has 0 bridgehead atoms. The number of nitrogens with one attached hydrogen (secondary N) is 1. The number of aliphatic hydroxyl groups is 1. The second-order valence-corrected chi connectivity index (χ2v) is 6.47. The van der Waals surface area contributed by atoms with Crippen molar-refractivity contribution in [3.05, 3.63) is 22.4 Å². The summed E-state index contributed by atoms with van der Waals surface area (Å²) in [7, 11) is 1.85. The maximum absolute atomic E-state index is 12.1. The molecular formula is C14H21BrN2O2. The Morgan fingerprint density at radius 1 is 1.47 bits per heavy atom. The minimum atomic E-state index is -0.115. The van der Waals surface area contributed by atoms with Crippen molar-refractivity contribution in [3.63, 3.8) is 0 Å². The van der Waals surface area contributed by atoms with Crippen molar-refractivity contribution in [2.45, 2.75) is 32.1 Å². The van der Waals surface area contributed by atoms with Gasteiger partial charge in [0.15, 0.2) is 0 Å². The third kappa shape index (κ3) is 3.39. The van der Waals surface area contributed by atoms with Crippen molar-refractivity contribution in [2.24, 2.45) is 12.5 Å². The average molecular weight is 329 g/mol. The van der Waals surface area contributed by atoms with Crippen LogP contribution in [0.15, 0.2) is 16.7 Å². The summed E-state index contributed by atoms with van der Waals surface area (Å²) in [6.07, 6.45) is 7.39. The summed E-state index contributed by atoms with van der Waals surface area (Å²) >= 11 is 3.36. The second kappa shape index (κ2) is 6.09. The first kappa shape index (κ1) is 14.6. The number of hydrogen-bond donors (Lipinski definition) is 2. The monoisotopic (exact) mass is 328 g/mol. The topological polar surface area (TPSA) is 54.3 Å². The molecule has 0 spiro atoms. The number of hydrogen-bond acceptors (Lipinski definition) is 2. The van der Waals surface area contributed by atoms with Gasteiger partial charge in [-0.2, -0.15) is 0 Å². The fraction of sp³-hybridized carbons (Fsp3) is 0.643. The fourth-order valence-corrected chi connectivity index (χ4v) is 3.32. The summed E-state index contributed by atoms with van der Waals surface area (Å²) in [5, 5.41) is 12.6. The number of carbonyl (C=O) groups excluding carboxylic acids is 1. The quantitative estimate of drug-likeness (QED) is 0.892. The molecule has 0 unspecified atom stereocenters. The first-order valence-corrected chi connectivity index (χ1v) is 7.57. The highest BCUT2D eigenvalue weighted by Crippen LogP contribution is 2.35. The molecule has 1 aliphatic carbocycles. The van der Waals surface area contributed by atoms with E-state index in [4.69, 9.17) is 0 Å². The SMILES string of the molecule is Cn1cc(Br)cc1C(=O)NCC1(CO)CCCCC1. The molecular weight excluding hydrogens is 308 g/mol. The van der Waals surface area contributed by atoms with Crippen LogP contribution in [-0.4, -0.2) is 28.7 Å². The summed E-state index contributed by atoms with van der Waals surface area (Å²) in [6, 6.07) is 1.81. The highest BCUT2D eigenvalue weighted by molar-refractivity contribution is 9.10. The van der Waals surface area contributed by atoms with Crippen molar-refractivity contribution in [2.75, 3.05) is 13.2 Å². The number of aryl methyl sites for hydroxylation is 1. The third-order valence-corrected chi connectivity index (χ3v) is 4.51. The number of rotatable bonds is 4. The first-order valence-electron chi connectivity index (χ1n) is 6.77. The summed E-state index contributed by atoms with van der Waals surface area (Å²) in [4.78, 5) is 12.1. The minimum absolute atomic E-state index is 0.0772. The van der Waals surface area contributed by atoms with E-state index in [9.17, 15) is 9.90 Å². The largest absolute Gasteiger partial charge is 0.396 e. The van der Waals surface area contributed by atoms with Gasteiger partial charge in [-0.1, -0.05) is 19.3 Å². The smallest absolute Gasteiger partial charge is 0.267 e. The van der Waals surface area contributed by atoms with E-state index in [1.165, 1.54) is 6.42 Å². The number of aromatic nitrogens is 1. The van der Waals surface area contributed by atoms with Gasteiger partial charge in [-0.15, -0.1) is 0 Å². The molecule has 106 valence electrons. The van der Waals surface area contributed by atoms with Gasteiger partial charge < -0.3 is 15.0 Å². The number of aliphatic hydroxyl groups excluding tert-OH is 1. The summed E-state index contributed by atoms with van der Waals surface area (Å²) in [5.41, 5.74) is 0.520. The summed E-state index contributed by atoms with van der Waals surface area (Å²) < 4.78 is 2.70. The summed E-state index contributed by atoms with van der Waals surface area (Å²) in [6.45, 7) is 0.718. The summed E-state index contributed by atoms with van der Waals surface area (Å²) in [5.74, 6) is -0.0772. The highest BCUT2D eigenvalue weighted by Gasteiger charge is 2.31. The average Bonchev–Trinajstić information content (AvgIpc) is 2.76. The van der Waals surface area contributed by atoms with E-state index in [-0.39, 0.29) is 17.9 Å². The lowest BCUT2D eigenvalue weighted by Crippen LogP contribution is -2.41. The molecule has 4 nitrogen and oxygen atoms in total. The van der Waals surface area contributed by atoms with Crippen LogP contribution >= 0.6 is 15.9 Å². The van der Waals surface area contributed by atoms with Gasteiger partial charge in [-0.25, -0.2) is 0 Å². The Bertz CT molecular complexity index is 450. The van der Waals surface area contributed by atoms with Crippen molar-refractivity contribution in [3.8, 4) is 0 Å². The van der Waals surface area contributed by atoms with E-state index >= 15 is 0 Å². The molecule has 0 radical (unpaired) electrons. The molecule has 1 aromatic rings. The Morgan fingerprint density at radius 2 is 2.16 bits per heavy atom. The van der Waals surface area contributed by atoms with Crippen molar-refractivity contribution >= 4 is 21.8 Å². The van der Waals surface area contributed by atoms with Crippen LogP contribution in [0.3, 0.4) is 0 Å². The van der Waals surface area contributed by atoms with Crippen LogP contribution < -0.4 is 5.32 Å². The molecule has 1 aliphatic rings. The molecule has 1 fully saturated rings.